The second-order valence-corrected chi connectivity index (χ2v) is 8.87. The van der Waals surface area contributed by atoms with Crippen LogP contribution in [0.15, 0.2) is 72.8 Å². The summed E-state index contributed by atoms with van der Waals surface area (Å²) in [7, 11) is 0. The molecule has 3 amide bonds. The Kier molecular flexibility index (Phi) is 5.48. The zero-order chi connectivity index (χ0) is 22.9. The second-order valence-electron chi connectivity index (χ2n) is 7.86. The van der Waals surface area contributed by atoms with Crippen LogP contribution in [0.1, 0.15) is 38.8 Å². The lowest BCUT2D eigenvalue weighted by molar-refractivity contribution is -0.119. The third-order valence-electron chi connectivity index (χ3n) is 5.74. The van der Waals surface area contributed by atoms with Crippen molar-refractivity contribution in [1.29, 1.82) is 0 Å². The van der Waals surface area contributed by atoms with Gasteiger partial charge in [0.2, 0.25) is 5.91 Å². The molecule has 6 nitrogen and oxygen atoms in total. The van der Waals surface area contributed by atoms with Gasteiger partial charge in [0, 0.05) is 0 Å². The van der Waals surface area contributed by atoms with Crippen LogP contribution >= 0.6 is 11.3 Å². The number of carbonyl (C=O) groups is 3. The van der Waals surface area contributed by atoms with E-state index >= 15 is 0 Å². The third kappa shape index (κ3) is 3.91. The first kappa shape index (κ1) is 21.0. The lowest BCUT2D eigenvalue weighted by atomic mass is 10.1. The predicted molar refractivity (Wildman–Crippen MR) is 128 cm³/mol. The molecular weight excluding hydrogens is 434 g/mol. The van der Waals surface area contributed by atoms with E-state index in [0.717, 1.165) is 27.1 Å². The predicted octanol–water partition coefficient (Wildman–Crippen LogP) is 4.69. The fourth-order valence-corrected chi connectivity index (χ4v) is 4.97. The van der Waals surface area contributed by atoms with Crippen LogP contribution in [0.4, 0.5) is 5.13 Å². The molecule has 0 bridgehead atoms. The Bertz CT molecular complexity index is 1350. The summed E-state index contributed by atoms with van der Waals surface area (Å²) in [5.41, 5.74) is 3.61. The standard InChI is InChI=1S/C26H21N3O3S/c1-2-17-12-13-21-22(14-17)33-26(27-21)28(15-18-8-4-3-5-9-18)23(30)16-29-24(31)19-10-6-7-11-20(19)25(29)32/h3-14H,2,15-16H2,1H3. The topological polar surface area (TPSA) is 70.6 Å². The molecule has 0 fully saturated rings. The van der Waals surface area contributed by atoms with Crippen molar-refractivity contribution in [3.05, 3.63) is 95.1 Å². The Balaban J connectivity index is 1.48. The quantitative estimate of drug-likeness (QED) is 0.396. The Morgan fingerprint density at radius 1 is 0.909 bits per heavy atom. The average molecular weight is 456 g/mol. The molecule has 0 saturated carbocycles. The molecule has 3 aromatic carbocycles. The van der Waals surface area contributed by atoms with E-state index in [-0.39, 0.29) is 12.5 Å². The van der Waals surface area contributed by atoms with Crippen molar-refractivity contribution in [2.24, 2.45) is 0 Å². The minimum absolute atomic E-state index is 0.295. The number of fused-ring (bicyclic) bond motifs is 2. The van der Waals surface area contributed by atoms with Gasteiger partial charge in [-0.1, -0.05) is 66.8 Å². The molecule has 0 spiro atoms. The molecule has 0 radical (unpaired) electrons. The van der Waals surface area contributed by atoms with Gasteiger partial charge in [-0.15, -0.1) is 0 Å². The monoisotopic (exact) mass is 455 g/mol. The van der Waals surface area contributed by atoms with Gasteiger partial charge >= 0.3 is 0 Å². The first-order valence-corrected chi connectivity index (χ1v) is 11.6. The maximum atomic E-state index is 13.5. The molecule has 7 heteroatoms. The minimum atomic E-state index is -0.444. The summed E-state index contributed by atoms with van der Waals surface area (Å²) in [6.07, 6.45) is 0.912. The van der Waals surface area contributed by atoms with Gasteiger partial charge in [-0.2, -0.15) is 0 Å². The highest BCUT2D eigenvalue weighted by atomic mass is 32.1. The van der Waals surface area contributed by atoms with Crippen LogP contribution in [0.25, 0.3) is 10.2 Å². The fraction of sp³-hybridized carbons (Fsp3) is 0.154. The molecule has 2 heterocycles. The molecule has 5 rings (SSSR count). The van der Waals surface area contributed by atoms with Gasteiger partial charge in [-0.05, 0) is 41.8 Å². The number of rotatable bonds is 6. The molecule has 1 aromatic heterocycles. The molecule has 33 heavy (non-hydrogen) atoms. The van der Waals surface area contributed by atoms with E-state index in [2.05, 4.69) is 13.0 Å². The summed E-state index contributed by atoms with van der Waals surface area (Å²) in [5.74, 6) is -1.25. The molecule has 1 aliphatic heterocycles. The molecule has 164 valence electrons. The highest BCUT2D eigenvalue weighted by Crippen LogP contribution is 2.31. The van der Waals surface area contributed by atoms with Crippen molar-refractivity contribution in [2.45, 2.75) is 19.9 Å². The zero-order valence-corrected chi connectivity index (χ0v) is 18.8. The average Bonchev–Trinajstić information content (AvgIpc) is 3.37. The number of aryl methyl sites for hydroxylation is 1. The number of hydrogen-bond donors (Lipinski definition) is 0. The summed E-state index contributed by atoms with van der Waals surface area (Å²) in [4.78, 5) is 46.4. The number of amides is 3. The van der Waals surface area contributed by atoms with Gasteiger partial charge in [0.15, 0.2) is 5.13 Å². The van der Waals surface area contributed by atoms with Crippen LogP contribution in [-0.4, -0.2) is 34.2 Å². The van der Waals surface area contributed by atoms with Crippen molar-refractivity contribution < 1.29 is 14.4 Å². The number of carbonyl (C=O) groups excluding carboxylic acids is 3. The lowest BCUT2D eigenvalue weighted by Crippen LogP contribution is -2.42. The van der Waals surface area contributed by atoms with Crippen LogP contribution in [0.5, 0.6) is 0 Å². The Morgan fingerprint density at radius 2 is 1.58 bits per heavy atom. The Morgan fingerprint density at radius 3 is 2.24 bits per heavy atom. The second kappa shape index (κ2) is 8.60. The molecule has 0 N–H and O–H groups in total. The molecular formula is C26H21N3O3S. The van der Waals surface area contributed by atoms with Crippen molar-refractivity contribution in [2.75, 3.05) is 11.4 Å². The largest absolute Gasteiger partial charge is 0.282 e. The van der Waals surface area contributed by atoms with Crippen molar-refractivity contribution in [1.82, 2.24) is 9.88 Å². The van der Waals surface area contributed by atoms with Gasteiger partial charge in [0.05, 0.1) is 27.9 Å². The molecule has 0 saturated heterocycles. The van der Waals surface area contributed by atoms with Crippen molar-refractivity contribution >= 4 is 44.4 Å². The fourth-order valence-electron chi connectivity index (χ4n) is 3.92. The van der Waals surface area contributed by atoms with Crippen LogP contribution in [0.3, 0.4) is 0 Å². The van der Waals surface area contributed by atoms with E-state index < -0.39 is 11.8 Å². The highest BCUT2D eigenvalue weighted by Gasteiger charge is 2.37. The highest BCUT2D eigenvalue weighted by molar-refractivity contribution is 7.22. The summed E-state index contributed by atoms with van der Waals surface area (Å²) in [6.45, 7) is 2.05. The minimum Gasteiger partial charge on any atom is -0.282 e. The number of anilines is 1. The lowest BCUT2D eigenvalue weighted by Gasteiger charge is -2.22. The van der Waals surface area contributed by atoms with E-state index in [4.69, 9.17) is 4.98 Å². The molecule has 0 aliphatic carbocycles. The van der Waals surface area contributed by atoms with Gasteiger partial charge in [0.25, 0.3) is 11.8 Å². The smallest absolute Gasteiger partial charge is 0.262 e. The van der Waals surface area contributed by atoms with E-state index in [1.54, 1.807) is 29.2 Å². The molecule has 4 aromatic rings. The molecule has 0 unspecified atom stereocenters. The van der Waals surface area contributed by atoms with E-state index in [1.807, 2.05) is 42.5 Å². The number of benzene rings is 3. The third-order valence-corrected chi connectivity index (χ3v) is 6.78. The van der Waals surface area contributed by atoms with E-state index in [9.17, 15) is 14.4 Å². The maximum absolute atomic E-state index is 13.5. The van der Waals surface area contributed by atoms with E-state index in [0.29, 0.717) is 22.8 Å². The summed E-state index contributed by atoms with van der Waals surface area (Å²) >= 11 is 1.43. The van der Waals surface area contributed by atoms with E-state index in [1.165, 1.54) is 16.9 Å². The number of nitrogens with zero attached hydrogens (tertiary/aromatic N) is 3. The first-order chi connectivity index (χ1) is 16.0. The molecule has 0 atom stereocenters. The van der Waals surface area contributed by atoms with Gasteiger partial charge in [-0.3, -0.25) is 24.2 Å². The SMILES string of the molecule is CCc1ccc2nc(N(Cc3ccccc3)C(=O)CN3C(=O)c4ccccc4C3=O)sc2c1. The Labute approximate surface area is 195 Å². The number of thiazole rings is 1. The van der Waals surface area contributed by atoms with Crippen molar-refractivity contribution in [3.63, 3.8) is 0 Å². The summed E-state index contributed by atoms with van der Waals surface area (Å²) < 4.78 is 0.996. The normalized spacial score (nSPS) is 12.9. The van der Waals surface area contributed by atoms with Gasteiger partial charge in [0.1, 0.15) is 6.54 Å². The van der Waals surface area contributed by atoms with Crippen LogP contribution in [0.2, 0.25) is 0 Å². The maximum Gasteiger partial charge on any atom is 0.262 e. The number of aromatic nitrogens is 1. The first-order valence-electron chi connectivity index (χ1n) is 10.7. The summed E-state index contributed by atoms with van der Waals surface area (Å²) in [5, 5.41) is 0.545. The van der Waals surface area contributed by atoms with Crippen LogP contribution < -0.4 is 4.90 Å². The molecule has 1 aliphatic rings. The summed E-state index contributed by atoms with van der Waals surface area (Å²) in [6, 6.07) is 22.3. The van der Waals surface area contributed by atoms with Crippen molar-refractivity contribution in [3.8, 4) is 0 Å². The number of hydrogen-bond acceptors (Lipinski definition) is 5. The number of imide groups is 1. The van der Waals surface area contributed by atoms with Gasteiger partial charge < -0.3 is 0 Å². The Hall–Kier alpha value is -3.84. The zero-order valence-electron chi connectivity index (χ0n) is 18.0. The van der Waals surface area contributed by atoms with Crippen LogP contribution in [0, 0.1) is 0 Å². The van der Waals surface area contributed by atoms with Crippen LogP contribution in [-0.2, 0) is 17.8 Å². The van der Waals surface area contributed by atoms with Gasteiger partial charge in [-0.25, -0.2) is 4.98 Å².